The molecule has 0 saturated carbocycles. The lowest BCUT2D eigenvalue weighted by Crippen LogP contribution is -2.19. The Balaban J connectivity index is 2.94. The van der Waals surface area contributed by atoms with E-state index in [0.29, 0.717) is 23.4 Å². The second-order valence-corrected chi connectivity index (χ2v) is 3.86. The highest BCUT2D eigenvalue weighted by Crippen LogP contribution is 2.25. The standard InChI is InChI=1S/C12H15N3O3/c1-8-6-11(15(17)18)7-10(12(8)13)4-3-5-14-9(2)16/h3-4,6-7H,5,13H2,1-2H3,(H,14,16). The van der Waals surface area contributed by atoms with Crippen molar-refractivity contribution in [2.24, 2.45) is 0 Å². The Hall–Kier alpha value is -2.37. The number of nitro benzene ring substituents is 1. The van der Waals surface area contributed by atoms with Crippen molar-refractivity contribution in [1.29, 1.82) is 0 Å². The van der Waals surface area contributed by atoms with Crippen LogP contribution in [0.5, 0.6) is 0 Å². The van der Waals surface area contributed by atoms with Crippen molar-refractivity contribution in [3.63, 3.8) is 0 Å². The van der Waals surface area contributed by atoms with Crippen molar-refractivity contribution in [2.75, 3.05) is 12.3 Å². The van der Waals surface area contributed by atoms with Crippen molar-refractivity contribution in [3.8, 4) is 0 Å². The van der Waals surface area contributed by atoms with Gasteiger partial charge in [0.15, 0.2) is 0 Å². The fourth-order valence-corrected chi connectivity index (χ4v) is 1.44. The van der Waals surface area contributed by atoms with E-state index in [1.807, 2.05) is 0 Å². The summed E-state index contributed by atoms with van der Waals surface area (Å²) < 4.78 is 0. The molecule has 1 aromatic rings. The summed E-state index contributed by atoms with van der Waals surface area (Å²) in [6.07, 6.45) is 3.35. The maximum Gasteiger partial charge on any atom is 0.270 e. The second kappa shape index (κ2) is 5.81. The molecule has 3 N–H and O–H groups in total. The first-order valence-electron chi connectivity index (χ1n) is 5.37. The van der Waals surface area contributed by atoms with Gasteiger partial charge in [0, 0.05) is 36.9 Å². The van der Waals surface area contributed by atoms with Crippen LogP contribution in [0, 0.1) is 17.0 Å². The van der Waals surface area contributed by atoms with Gasteiger partial charge in [0.1, 0.15) is 0 Å². The van der Waals surface area contributed by atoms with E-state index in [0.717, 1.165) is 0 Å². The van der Waals surface area contributed by atoms with Crippen LogP contribution in [0.1, 0.15) is 18.1 Å². The van der Waals surface area contributed by atoms with Crippen molar-refractivity contribution >= 4 is 23.4 Å². The third-order valence-corrected chi connectivity index (χ3v) is 2.38. The predicted octanol–water partition coefficient (Wildman–Crippen LogP) is 1.63. The number of amides is 1. The van der Waals surface area contributed by atoms with Gasteiger partial charge in [0.05, 0.1) is 4.92 Å². The molecule has 0 aromatic heterocycles. The number of nitrogen functional groups attached to an aromatic ring is 1. The molecule has 0 bridgehead atoms. The van der Waals surface area contributed by atoms with Gasteiger partial charge in [0.2, 0.25) is 5.91 Å². The van der Waals surface area contributed by atoms with E-state index in [1.165, 1.54) is 19.1 Å². The van der Waals surface area contributed by atoms with E-state index in [4.69, 9.17) is 5.73 Å². The number of anilines is 1. The Morgan fingerprint density at radius 3 is 2.78 bits per heavy atom. The molecule has 0 aliphatic heterocycles. The molecule has 0 radical (unpaired) electrons. The third kappa shape index (κ3) is 3.58. The quantitative estimate of drug-likeness (QED) is 0.481. The van der Waals surface area contributed by atoms with E-state index < -0.39 is 4.92 Å². The van der Waals surface area contributed by atoms with Gasteiger partial charge in [-0.3, -0.25) is 14.9 Å². The number of nitrogens with two attached hydrogens (primary N) is 1. The lowest BCUT2D eigenvalue weighted by molar-refractivity contribution is -0.384. The summed E-state index contributed by atoms with van der Waals surface area (Å²) in [5, 5.41) is 13.3. The summed E-state index contributed by atoms with van der Waals surface area (Å²) in [6, 6.07) is 2.84. The Morgan fingerprint density at radius 1 is 1.56 bits per heavy atom. The zero-order valence-electron chi connectivity index (χ0n) is 10.3. The maximum absolute atomic E-state index is 10.7. The van der Waals surface area contributed by atoms with Crippen LogP contribution in [-0.4, -0.2) is 17.4 Å². The van der Waals surface area contributed by atoms with Crippen LogP contribution in [0.25, 0.3) is 6.08 Å². The van der Waals surface area contributed by atoms with Gasteiger partial charge in [-0.15, -0.1) is 0 Å². The highest BCUT2D eigenvalue weighted by Gasteiger charge is 2.10. The predicted molar refractivity (Wildman–Crippen MR) is 70.0 cm³/mol. The zero-order chi connectivity index (χ0) is 13.7. The van der Waals surface area contributed by atoms with Gasteiger partial charge in [-0.25, -0.2) is 0 Å². The van der Waals surface area contributed by atoms with Crippen LogP contribution in [0.2, 0.25) is 0 Å². The molecule has 1 aromatic carbocycles. The first-order chi connectivity index (χ1) is 8.41. The smallest absolute Gasteiger partial charge is 0.270 e. The molecule has 0 aliphatic rings. The molecule has 0 atom stereocenters. The monoisotopic (exact) mass is 249 g/mol. The highest BCUT2D eigenvalue weighted by molar-refractivity contribution is 5.74. The minimum absolute atomic E-state index is 0.000812. The van der Waals surface area contributed by atoms with E-state index in [-0.39, 0.29) is 11.6 Å². The fourth-order valence-electron chi connectivity index (χ4n) is 1.44. The molecule has 1 rings (SSSR count). The lowest BCUT2D eigenvalue weighted by atomic mass is 10.1. The van der Waals surface area contributed by atoms with E-state index in [1.54, 1.807) is 19.1 Å². The van der Waals surface area contributed by atoms with Gasteiger partial charge in [-0.2, -0.15) is 0 Å². The van der Waals surface area contributed by atoms with E-state index >= 15 is 0 Å². The Kier molecular flexibility index (Phi) is 4.42. The summed E-state index contributed by atoms with van der Waals surface area (Å²) in [5.74, 6) is -0.136. The number of carbonyl (C=O) groups excluding carboxylic acids is 1. The van der Waals surface area contributed by atoms with Gasteiger partial charge in [-0.05, 0) is 12.5 Å². The number of nitrogens with one attached hydrogen (secondary N) is 1. The lowest BCUT2D eigenvalue weighted by Gasteiger charge is -2.04. The molecule has 0 fully saturated rings. The van der Waals surface area contributed by atoms with Gasteiger partial charge in [0.25, 0.3) is 5.69 Å². The summed E-state index contributed by atoms with van der Waals surface area (Å²) in [5.41, 5.74) is 7.56. The first-order valence-corrected chi connectivity index (χ1v) is 5.37. The van der Waals surface area contributed by atoms with Gasteiger partial charge < -0.3 is 11.1 Å². The van der Waals surface area contributed by atoms with Crippen LogP contribution in [0.15, 0.2) is 18.2 Å². The summed E-state index contributed by atoms with van der Waals surface area (Å²) in [4.78, 5) is 20.9. The van der Waals surface area contributed by atoms with Crippen LogP contribution in [0.3, 0.4) is 0 Å². The van der Waals surface area contributed by atoms with Crippen molar-refractivity contribution < 1.29 is 9.72 Å². The second-order valence-electron chi connectivity index (χ2n) is 3.86. The molecule has 96 valence electrons. The van der Waals surface area contributed by atoms with Gasteiger partial charge >= 0.3 is 0 Å². The topological polar surface area (TPSA) is 98.3 Å². The molecular weight excluding hydrogens is 234 g/mol. The van der Waals surface area contributed by atoms with Crippen molar-refractivity contribution in [1.82, 2.24) is 5.32 Å². The largest absolute Gasteiger partial charge is 0.398 e. The third-order valence-electron chi connectivity index (χ3n) is 2.38. The molecule has 6 nitrogen and oxygen atoms in total. The SMILES string of the molecule is CC(=O)NCC=Cc1cc([N+](=O)[O-])cc(C)c1N. The zero-order valence-corrected chi connectivity index (χ0v) is 10.3. The Labute approximate surface area is 105 Å². The normalized spacial score (nSPS) is 10.6. The Bertz CT molecular complexity index is 510. The summed E-state index contributed by atoms with van der Waals surface area (Å²) in [7, 11) is 0. The van der Waals surface area contributed by atoms with Gasteiger partial charge in [-0.1, -0.05) is 12.2 Å². The molecule has 1 amide bonds. The number of benzene rings is 1. The van der Waals surface area contributed by atoms with Crippen molar-refractivity contribution in [2.45, 2.75) is 13.8 Å². The van der Waals surface area contributed by atoms with Crippen LogP contribution in [0.4, 0.5) is 11.4 Å². The molecule has 0 saturated heterocycles. The van der Waals surface area contributed by atoms with Crippen LogP contribution >= 0.6 is 0 Å². The molecule has 18 heavy (non-hydrogen) atoms. The van der Waals surface area contributed by atoms with E-state index in [9.17, 15) is 14.9 Å². The molecular formula is C12H15N3O3. The molecule has 0 spiro atoms. The summed E-state index contributed by atoms with van der Waals surface area (Å²) in [6.45, 7) is 3.49. The number of non-ortho nitro benzene ring substituents is 1. The number of nitro groups is 1. The fraction of sp³-hybridized carbons (Fsp3) is 0.250. The number of carbonyl (C=O) groups is 1. The minimum atomic E-state index is -0.461. The molecule has 0 unspecified atom stereocenters. The first kappa shape index (κ1) is 13.7. The number of aryl methyl sites for hydroxylation is 1. The number of rotatable bonds is 4. The average molecular weight is 249 g/mol. The van der Waals surface area contributed by atoms with E-state index in [2.05, 4.69) is 5.32 Å². The van der Waals surface area contributed by atoms with Crippen LogP contribution < -0.4 is 11.1 Å². The number of hydrogen-bond donors (Lipinski definition) is 2. The molecule has 0 heterocycles. The molecule has 6 heteroatoms. The average Bonchev–Trinajstić information content (AvgIpc) is 2.28. The van der Waals surface area contributed by atoms with Crippen molar-refractivity contribution in [3.05, 3.63) is 39.4 Å². The Morgan fingerprint density at radius 2 is 2.22 bits per heavy atom. The number of hydrogen-bond acceptors (Lipinski definition) is 4. The molecule has 0 aliphatic carbocycles. The number of nitrogens with zero attached hydrogens (tertiary/aromatic N) is 1. The minimum Gasteiger partial charge on any atom is -0.398 e. The van der Waals surface area contributed by atoms with Crippen LogP contribution in [-0.2, 0) is 4.79 Å². The highest BCUT2D eigenvalue weighted by atomic mass is 16.6. The maximum atomic E-state index is 10.7. The summed E-state index contributed by atoms with van der Waals surface area (Å²) >= 11 is 0.